The molecular weight excluding hydrogens is 366 g/mol. The highest BCUT2D eigenvalue weighted by atomic mass is 35.5. The molecule has 0 aliphatic heterocycles. The number of halogens is 1. The van der Waals surface area contributed by atoms with E-state index >= 15 is 0 Å². The summed E-state index contributed by atoms with van der Waals surface area (Å²) in [4.78, 5) is 14.9. The average Bonchev–Trinajstić information content (AvgIpc) is 2.63. The van der Waals surface area contributed by atoms with Gasteiger partial charge in [-0.05, 0) is 73.1 Å². The van der Waals surface area contributed by atoms with Crippen LogP contribution < -0.4 is 4.74 Å². The van der Waals surface area contributed by atoms with Crippen molar-refractivity contribution in [3.05, 3.63) is 40.3 Å². The van der Waals surface area contributed by atoms with Crippen LogP contribution in [0.15, 0.2) is 29.2 Å². The molecular formula is C21H26ClNO2S. The average molecular weight is 392 g/mol. The van der Waals surface area contributed by atoms with Crippen molar-refractivity contribution in [1.82, 2.24) is 4.90 Å². The highest BCUT2D eigenvalue weighted by molar-refractivity contribution is 8.02. The molecule has 3 nitrogen and oxygen atoms in total. The largest absolute Gasteiger partial charge is 0.414 e. The van der Waals surface area contributed by atoms with Gasteiger partial charge in [-0.25, -0.2) is 4.79 Å². The number of ether oxygens (including phenoxy) is 1. The van der Waals surface area contributed by atoms with Crippen LogP contribution in [-0.4, -0.2) is 35.7 Å². The normalized spacial score (nSPS) is 16.9. The predicted molar refractivity (Wildman–Crippen MR) is 111 cm³/mol. The number of fused-ring (bicyclic) bond motifs is 1. The van der Waals surface area contributed by atoms with E-state index < -0.39 is 5.43 Å². The van der Waals surface area contributed by atoms with Crippen LogP contribution in [0.3, 0.4) is 0 Å². The maximum Gasteiger partial charge on any atom is 0.409 e. The molecule has 0 heterocycles. The number of allylic oxidation sites excluding steroid dienone is 1. The van der Waals surface area contributed by atoms with Crippen LogP contribution in [0.1, 0.15) is 37.3 Å². The number of carbonyl (C=O) groups is 1. The molecule has 1 atom stereocenters. The fourth-order valence-corrected chi connectivity index (χ4v) is 4.16. The molecule has 0 N–H and O–H groups in total. The number of hydrogen-bond donors (Lipinski definition) is 0. The molecule has 0 saturated heterocycles. The monoisotopic (exact) mass is 391 g/mol. The van der Waals surface area contributed by atoms with Crippen LogP contribution >= 0.6 is 23.4 Å². The van der Waals surface area contributed by atoms with E-state index in [1.54, 1.807) is 11.8 Å². The number of thioether (sulfide) groups is 1. The van der Waals surface area contributed by atoms with E-state index in [4.69, 9.17) is 22.8 Å². The Hall–Kier alpha value is -1.41. The van der Waals surface area contributed by atoms with Crippen molar-refractivity contribution in [2.45, 2.75) is 45.1 Å². The number of rotatable bonds is 8. The predicted octanol–water partition coefficient (Wildman–Crippen LogP) is 5.26. The third-order valence-corrected chi connectivity index (χ3v) is 5.71. The van der Waals surface area contributed by atoms with Gasteiger partial charge in [-0.2, -0.15) is 0 Å². The Morgan fingerprint density at radius 1 is 1.50 bits per heavy atom. The number of nitrogens with zero attached hydrogens (tertiary/aromatic N) is 1. The fraction of sp³-hybridized carbons (Fsp3) is 0.476. The molecule has 0 fully saturated rings. The standard InChI is InChI=1S/C21H26ClNO2S/c1-4-7-18(26-3)12-14-23(13-5-2)17-10-11-19-16(15-17)8-6-9-20(19)25-21(22)24/h1,6-9,17H,5,10-15H2,2-3H3/b18-7-/t17-/m0/s1. The Bertz CT molecular complexity index is 696. The van der Waals surface area contributed by atoms with Crippen molar-refractivity contribution in [2.75, 3.05) is 19.3 Å². The van der Waals surface area contributed by atoms with Gasteiger partial charge in [0.25, 0.3) is 0 Å². The van der Waals surface area contributed by atoms with E-state index in [9.17, 15) is 4.79 Å². The molecule has 26 heavy (non-hydrogen) atoms. The molecule has 0 aromatic heterocycles. The summed E-state index contributed by atoms with van der Waals surface area (Å²) in [7, 11) is 0. The second-order valence-corrected chi connectivity index (χ2v) is 7.64. The molecule has 1 aliphatic carbocycles. The number of terminal acetylenes is 1. The first kappa shape index (κ1) is 20.9. The van der Waals surface area contributed by atoms with Crippen LogP contribution in [0.25, 0.3) is 0 Å². The van der Waals surface area contributed by atoms with Crippen molar-refractivity contribution in [3.63, 3.8) is 0 Å². The highest BCUT2D eigenvalue weighted by Gasteiger charge is 2.26. The molecule has 0 bridgehead atoms. The molecule has 0 saturated carbocycles. The summed E-state index contributed by atoms with van der Waals surface area (Å²) in [5.74, 6) is 3.24. The third-order valence-electron chi connectivity index (χ3n) is 4.78. The van der Waals surface area contributed by atoms with E-state index in [0.717, 1.165) is 50.8 Å². The Balaban J connectivity index is 2.09. The summed E-state index contributed by atoms with van der Waals surface area (Å²) in [5, 5.41) is 0. The first-order valence-corrected chi connectivity index (χ1v) is 10.6. The van der Waals surface area contributed by atoms with Gasteiger partial charge in [0.05, 0.1) is 0 Å². The molecule has 1 aromatic rings. The molecule has 0 unspecified atom stereocenters. The summed E-state index contributed by atoms with van der Waals surface area (Å²) in [6.07, 6.45) is 14.4. The maximum atomic E-state index is 11.1. The Labute approximate surface area is 166 Å². The third kappa shape index (κ3) is 5.81. The summed E-state index contributed by atoms with van der Waals surface area (Å²) < 4.78 is 5.16. The zero-order valence-corrected chi connectivity index (χ0v) is 17.0. The molecule has 2 rings (SSSR count). The highest BCUT2D eigenvalue weighted by Crippen LogP contribution is 2.32. The summed E-state index contributed by atoms with van der Waals surface area (Å²) >= 11 is 7.12. The minimum atomic E-state index is -0.780. The van der Waals surface area contributed by atoms with Crippen LogP contribution in [0, 0.1) is 12.3 Å². The van der Waals surface area contributed by atoms with E-state index in [2.05, 4.69) is 30.1 Å². The van der Waals surface area contributed by atoms with Gasteiger partial charge < -0.3 is 4.74 Å². The second-order valence-electron chi connectivity index (χ2n) is 6.40. The lowest BCUT2D eigenvalue weighted by molar-refractivity contribution is 0.181. The summed E-state index contributed by atoms with van der Waals surface area (Å²) in [6.45, 7) is 4.31. The first-order valence-electron chi connectivity index (χ1n) is 9.00. The lowest BCUT2D eigenvalue weighted by atomic mass is 9.86. The van der Waals surface area contributed by atoms with Crippen LogP contribution in [0.2, 0.25) is 0 Å². The molecule has 0 amide bonds. The van der Waals surface area contributed by atoms with Gasteiger partial charge in [0, 0.05) is 24.2 Å². The smallest absolute Gasteiger partial charge is 0.409 e. The van der Waals surface area contributed by atoms with E-state index in [1.807, 2.05) is 18.2 Å². The van der Waals surface area contributed by atoms with E-state index in [-0.39, 0.29) is 0 Å². The van der Waals surface area contributed by atoms with E-state index in [0.29, 0.717) is 11.8 Å². The lowest BCUT2D eigenvalue weighted by Gasteiger charge is -2.35. The Morgan fingerprint density at radius 3 is 2.96 bits per heavy atom. The van der Waals surface area contributed by atoms with Gasteiger partial charge in [0.1, 0.15) is 5.75 Å². The van der Waals surface area contributed by atoms with Crippen LogP contribution in [0.4, 0.5) is 4.79 Å². The molecule has 1 aromatic carbocycles. The van der Waals surface area contributed by atoms with Gasteiger partial charge >= 0.3 is 5.43 Å². The van der Waals surface area contributed by atoms with Gasteiger partial charge in [-0.15, -0.1) is 18.2 Å². The van der Waals surface area contributed by atoms with Gasteiger partial charge in [0.2, 0.25) is 0 Å². The number of benzene rings is 1. The van der Waals surface area contributed by atoms with Gasteiger partial charge in [-0.3, -0.25) is 4.90 Å². The zero-order valence-electron chi connectivity index (χ0n) is 15.5. The summed E-state index contributed by atoms with van der Waals surface area (Å²) in [5.41, 5.74) is 1.59. The van der Waals surface area contributed by atoms with Gasteiger partial charge in [-0.1, -0.05) is 25.0 Å². The molecule has 140 valence electrons. The number of carbonyl (C=O) groups excluding carboxylic acids is 1. The van der Waals surface area contributed by atoms with Crippen molar-refractivity contribution in [1.29, 1.82) is 0 Å². The molecule has 1 aliphatic rings. The van der Waals surface area contributed by atoms with Crippen molar-refractivity contribution >= 4 is 28.8 Å². The Morgan fingerprint density at radius 2 is 2.31 bits per heavy atom. The van der Waals surface area contributed by atoms with E-state index in [1.165, 1.54) is 10.5 Å². The Kier molecular flexibility index (Phi) is 8.58. The van der Waals surface area contributed by atoms with Crippen LogP contribution in [-0.2, 0) is 12.8 Å². The topological polar surface area (TPSA) is 29.5 Å². The minimum Gasteiger partial charge on any atom is -0.414 e. The zero-order chi connectivity index (χ0) is 18.9. The lowest BCUT2D eigenvalue weighted by Crippen LogP contribution is -2.40. The fourth-order valence-electron chi connectivity index (χ4n) is 3.59. The number of hydrogen-bond acceptors (Lipinski definition) is 4. The molecule has 5 heteroatoms. The van der Waals surface area contributed by atoms with Gasteiger partial charge in [0.15, 0.2) is 0 Å². The van der Waals surface area contributed by atoms with Crippen molar-refractivity contribution in [2.24, 2.45) is 0 Å². The second kappa shape index (κ2) is 10.7. The van der Waals surface area contributed by atoms with Crippen molar-refractivity contribution < 1.29 is 9.53 Å². The summed E-state index contributed by atoms with van der Waals surface area (Å²) in [6, 6.07) is 6.38. The van der Waals surface area contributed by atoms with Crippen LogP contribution in [0.5, 0.6) is 5.75 Å². The minimum absolute atomic E-state index is 0.498. The molecule has 0 radical (unpaired) electrons. The van der Waals surface area contributed by atoms with Crippen molar-refractivity contribution in [3.8, 4) is 18.1 Å². The quantitative estimate of drug-likeness (QED) is 0.446. The first-order chi connectivity index (χ1) is 12.6. The maximum absolute atomic E-state index is 11.1. The molecule has 0 spiro atoms. The SMILES string of the molecule is C#C/C=C(/CCN(CCC)[C@H]1CCc2c(cccc2OC(=O)Cl)C1)SC.